The van der Waals surface area contributed by atoms with Crippen LogP contribution in [0.4, 0.5) is 0 Å². The fraction of sp³-hybridized carbons (Fsp3) is 0.294. The summed E-state index contributed by atoms with van der Waals surface area (Å²) in [5, 5.41) is 3.31. The van der Waals surface area contributed by atoms with Gasteiger partial charge in [0.1, 0.15) is 10.8 Å². The number of rotatable bonds is 8. The average Bonchev–Trinajstić information content (AvgIpc) is 3.20. The van der Waals surface area contributed by atoms with Gasteiger partial charge in [0.05, 0.1) is 16.9 Å². The summed E-state index contributed by atoms with van der Waals surface area (Å²) in [6.07, 6.45) is 5.51. The van der Waals surface area contributed by atoms with Crippen LogP contribution >= 0.6 is 23.1 Å². The Kier molecular flexibility index (Phi) is 6.80. The van der Waals surface area contributed by atoms with E-state index < -0.39 is 11.2 Å². The maximum Gasteiger partial charge on any atom is 0.162 e. The van der Waals surface area contributed by atoms with Crippen LogP contribution < -0.4 is 0 Å². The van der Waals surface area contributed by atoms with Gasteiger partial charge < -0.3 is 4.55 Å². The van der Waals surface area contributed by atoms with Gasteiger partial charge in [-0.3, -0.25) is 4.98 Å². The number of unbranched alkanes of at least 4 members (excludes halogenated alkanes) is 1. The molecule has 1 unspecified atom stereocenters. The van der Waals surface area contributed by atoms with Crippen molar-refractivity contribution in [3.8, 4) is 22.8 Å². The van der Waals surface area contributed by atoms with E-state index in [0.717, 1.165) is 40.6 Å². The molecule has 5 nitrogen and oxygen atoms in total. The van der Waals surface area contributed by atoms with Crippen LogP contribution in [0, 0.1) is 0 Å². The molecule has 3 heterocycles. The predicted octanol–water partition coefficient (Wildman–Crippen LogP) is 4.26. The van der Waals surface area contributed by atoms with Crippen LogP contribution in [0.25, 0.3) is 22.8 Å². The summed E-state index contributed by atoms with van der Waals surface area (Å²) < 4.78 is 12.1. The first-order valence-electron chi connectivity index (χ1n) is 7.92. The quantitative estimate of drug-likeness (QED) is 0.325. The van der Waals surface area contributed by atoms with Gasteiger partial charge in [0.15, 0.2) is 10.9 Å². The number of thioether (sulfide) groups is 1. The summed E-state index contributed by atoms with van der Waals surface area (Å²) >= 11 is 2.19. The van der Waals surface area contributed by atoms with Crippen LogP contribution in [0.3, 0.4) is 0 Å². The molecular formula is C17H18N4OS3. The molecule has 0 N–H and O–H groups in total. The molecule has 0 radical (unpaired) electrons. The molecule has 3 rings (SSSR count). The van der Waals surface area contributed by atoms with Crippen molar-refractivity contribution in [3.05, 3.63) is 41.5 Å². The van der Waals surface area contributed by atoms with E-state index in [1.807, 2.05) is 23.6 Å². The number of nitrogens with zero attached hydrogens (tertiary/aromatic N) is 4. The first kappa shape index (κ1) is 18.3. The fourth-order valence-electron chi connectivity index (χ4n) is 2.08. The zero-order chi connectivity index (χ0) is 17.5. The van der Waals surface area contributed by atoms with Crippen LogP contribution in [-0.2, 0) is 11.2 Å². The van der Waals surface area contributed by atoms with Gasteiger partial charge in [-0.1, -0.05) is 25.1 Å². The van der Waals surface area contributed by atoms with E-state index in [1.165, 1.54) is 23.1 Å². The zero-order valence-electron chi connectivity index (χ0n) is 13.8. The highest BCUT2D eigenvalue weighted by Gasteiger charge is 2.13. The minimum absolute atomic E-state index is 0.542. The molecule has 0 fully saturated rings. The Morgan fingerprint density at radius 2 is 2.20 bits per heavy atom. The third-order valence-corrected chi connectivity index (χ3v) is 6.74. The summed E-state index contributed by atoms with van der Waals surface area (Å²) in [6, 6.07) is 5.71. The number of hydrogen-bond donors (Lipinski definition) is 0. The van der Waals surface area contributed by atoms with Gasteiger partial charge in [-0.15, -0.1) is 11.3 Å². The molecule has 0 aliphatic heterocycles. The Morgan fingerprint density at radius 1 is 1.28 bits per heavy atom. The number of pyridine rings is 1. The Labute approximate surface area is 158 Å². The molecule has 0 bridgehead atoms. The lowest BCUT2D eigenvalue weighted by molar-refractivity contribution is 0.596. The van der Waals surface area contributed by atoms with Crippen LogP contribution in [0.2, 0.25) is 0 Å². The molecule has 130 valence electrons. The SMILES string of the molecule is CCCC[S+]([O-])CSc1cc(-c2cscn2)nc(-c2cccnc2)n1. The van der Waals surface area contributed by atoms with Crippen molar-refractivity contribution in [3.63, 3.8) is 0 Å². The predicted molar refractivity (Wildman–Crippen MR) is 105 cm³/mol. The first-order chi connectivity index (χ1) is 12.3. The van der Waals surface area contributed by atoms with E-state index in [4.69, 9.17) is 0 Å². The second-order valence-corrected chi connectivity index (χ2v) is 8.95. The van der Waals surface area contributed by atoms with E-state index in [1.54, 1.807) is 17.9 Å². The molecular weight excluding hydrogens is 372 g/mol. The summed E-state index contributed by atoms with van der Waals surface area (Å²) in [7, 11) is 0. The topological polar surface area (TPSA) is 74.6 Å². The lowest BCUT2D eigenvalue weighted by Crippen LogP contribution is -2.08. The third-order valence-electron chi connectivity index (χ3n) is 3.38. The zero-order valence-corrected chi connectivity index (χ0v) is 16.2. The van der Waals surface area contributed by atoms with Crippen molar-refractivity contribution in [2.45, 2.75) is 24.8 Å². The lowest BCUT2D eigenvalue weighted by Gasteiger charge is -2.10. The maximum atomic E-state index is 12.1. The number of aromatic nitrogens is 4. The smallest absolute Gasteiger partial charge is 0.162 e. The highest BCUT2D eigenvalue weighted by molar-refractivity contribution is 8.12. The molecule has 3 aromatic rings. The van der Waals surface area contributed by atoms with Crippen molar-refractivity contribution in [1.82, 2.24) is 19.9 Å². The normalized spacial score (nSPS) is 12.2. The molecule has 0 saturated carbocycles. The summed E-state index contributed by atoms with van der Waals surface area (Å²) in [5.74, 6) is 1.35. The van der Waals surface area contributed by atoms with Crippen LogP contribution in [0.15, 0.2) is 46.5 Å². The molecule has 1 atom stereocenters. The van der Waals surface area contributed by atoms with Crippen LogP contribution in [0.1, 0.15) is 19.8 Å². The lowest BCUT2D eigenvalue weighted by atomic mass is 10.2. The molecule has 0 aromatic carbocycles. The minimum atomic E-state index is -0.838. The molecule has 25 heavy (non-hydrogen) atoms. The van der Waals surface area contributed by atoms with Crippen molar-refractivity contribution >= 4 is 34.3 Å². The Morgan fingerprint density at radius 3 is 2.92 bits per heavy atom. The van der Waals surface area contributed by atoms with Gasteiger partial charge in [0.25, 0.3) is 0 Å². The van der Waals surface area contributed by atoms with Crippen LogP contribution in [-0.4, -0.2) is 35.3 Å². The van der Waals surface area contributed by atoms with E-state index in [0.29, 0.717) is 10.9 Å². The van der Waals surface area contributed by atoms with E-state index in [2.05, 4.69) is 26.9 Å². The fourth-order valence-corrected chi connectivity index (χ4v) is 5.07. The molecule has 0 aliphatic carbocycles. The standard InChI is InChI=1S/C17H18N4OS3/c1-2-3-7-25(22)12-24-16-8-14(15-10-23-11-19-15)20-17(21-16)13-5-4-6-18-9-13/h4-6,8-11H,2-3,7,12H2,1H3. The minimum Gasteiger partial charge on any atom is -0.616 e. The first-order valence-corrected chi connectivity index (χ1v) is 11.3. The van der Waals surface area contributed by atoms with Crippen molar-refractivity contribution in [2.75, 3.05) is 10.8 Å². The average molecular weight is 391 g/mol. The highest BCUT2D eigenvalue weighted by atomic mass is 32.3. The van der Waals surface area contributed by atoms with Gasteiger partial charge in [-0.05, 0) is 35.8 Å². The third kappa shape index (κ3) is 5.24. The van der Waals surface area contributed by atoms with Crippen molar-refractivity contribution in [1.29, 1.82) is 0 Å². The molecule has 8 heteroatoms. The Hall–Kier alpha value is -1.48. The van der Waals surface area contributed by atoms with Gasteiger partial charge in [-0.25, -0.2) is 15.0 Å². The molecule has 3 aromatic heterocycles. The maximum absolute atomic E-state index is 12.1. The van der Waals surface area contributed by atoms with Gasteiger partial charge >= 0.3 is 0 Å². The number of thiazole rings is 1. The summed E-state index contributed by atoms with van der Waals surface area (Å²) in [4.78, 5) is 17.7. The van der Waals surface area contributed by atoms with E-state index in [9.17, 15) is 4.55 Å². The van der Waals surface area contributed by atoms with Gasteiger partial charge in [-0.2, -0.15) is 0 Å². The largest absolute Gasteiger partial charge is 0.616 e. The second kappa shape index (κ2) is 9.28. The summed E-state index contributed by atoms with van der Waals surface area (Å²) in [6.45, 7) is 2.11. The van der Waals surface area contributed by atoms with E-state index in [-0.39, 0.29) is 0 Å². The van der Waals surface area contributed by atoms with E-state index >= 15 is 0 Å². The number of hydrogen-bond acceptors (Lipinski definition) is 7. The molecule has 0 aliphatic rings. The van der Waals surface area contributed by atoms with Crippen molar-refractivity contribution in [2.24, 2.45) is 0 Å². The molecule has 0 spiro atoms. The Bertz CT molecular complexity index is 784. The monoisotopic (exact) mass is 390 g/mol. The second-order valence-electron chi connectivity index (χ2n) is 5.29. The molecule has 0 amide bonds. The van der Waals surface area contributed by atoms with Crippen molar-refractivity contribution < 1.29 is 4.55 Å². The van der Waals surface area contributed by atoms with Gasteiger partial charge in [0, 0.05) is 23.3 Å². The molecule has 0 saturated heterocycles. The Balaban J connectivity index is 1.85. The highest BCUT2D eigenvalue weighted by Crippen LogP contribution is 2.27. The summed E-state index contributed by atoms with van der Waals surface area (Å²) in [5.41, 5.74) is 4.24. The van der Waals surface area contributed by atoms with Gasteiger partial charge in [0.2, 0.25) is 0 Å². The van der Waals surface area contributed by atoms with Crippen LogP contribution in [0.5, 0.6) is 0 Å².